The van der Waals surface area contributed by atoms with Gasteiger partial charge in [-0.25, -0.2) is 32.8 Å². The van der Waals surface area contributed by atoms with E-state index in [1.165, 1.54) is 24.3 Å². The fourth-order valence-corrected chi connectivity index (χ4v) is 3.29. The molecule has 1 aromatic carbocycles. The minimum absolute atomic E-state index is 0.233. The van der Waals surface area contributed by atoms with Crippen molar-refractivity contribution in [3.63, 3.8) is 0 Å². The van der Waals surface area contributed by atoms with Crippen LogP contribution in [-0.4, -0.2) is 46.8 Å². The molecule has 2 heterocycles. The molecule has 3 rings (SSSR count). The first-order valence-electron chi connectivity index (χ1n) is 9.63. The second-order valence-corrected chi connectivity index (χ2v) is 7.25. The molecule has 0 spiro atoms. The van der Waals surface area contributed by atoms with Gasteiger partial charge in [-0.15, -0.1) is 0 Å². The van der Waals surface area contributed by atoms with Crippen molar-refractivity contribution in [1.29, 1.82) is 0 Å². The Morgan fingerprint density at radius 3 is 2.52 bits per heavy atom. The summed E-state index contributed by atoms with van der Waals surface area (Å²) in [5, 5.41) is 26.4. The number of nitrogens with zero attached hydrogens (tertiary/aromatic N) is 5. The highest BCUT2D eigenvalue weighted by atomic mass is 19.1. The molecule has 174 valence electrons. The van der Waals surface area contributed by atoms with Crippen molar-refractivity contribution in [2.45, 2.75) is 37.8 Å². The smallest absolute Gasteiger partial charge is 0.303 e. The number of carbonyl (C=O) groups excluding carboxylic acids is 1. The lowest BCUT2D eigenvalue weighted by Gasteiger charge is -2.34. The third-order valence-corrected chi connectivity index (χ3v) is 5.06. The van der Waals surface area contributed by atoms with Gasteiger partial charge in [-0.1, -0.05) is 6.92 Å². The number of aliphatic hydroxyl groups is 1. The standard InChI is InChI=1S/C20H19F3N6O4/c1-11(19-15(23)6-24-8-26-19)20(33,7-29-10-25-9-27-29)12-4-16(14(22)5-13(12)21)28-17(30)2-3-18(31)32/h4-6,8-11,33H,2-3,7H2,1H3,(H,28,30)(H,31,32)/t11-,20+/m0/s1. The fourth-order valence-electron chi connectivity index (χ4n) is 3.29. The summed E-state index contributed by atoms with van der Waals surface area (Å²) in [5.41, 5.74) is -3.43. The third-order valence-electron chi connectivity index (χ3n) is 5.06. The first kappa shape index (κ1) is 23.8. The SMILES string of the molecule is C[C@@H](c1ncncc1F)[C@](O)(Cn1cncn1)c1cc(NC(=O)CCC(=O)O)c(F)cc1F. The highest BCUT2D eigenvalue weighted by Crippen LogP contribution is 2.40. The van der Waals surface area contributed by atoms with Gasteiger partial charge in [-0.2, -0.15) is 5.10 Å². The average Bonchev–Trinajstić information content (AvgIpc) is 3.26. The molecule has 0 bridgehead atoms. The predicted octanol–water partition coefficient (Wildman–Crippen LogP) is 1.98. The molecule has 0 saturated carbocycles. The number of aromatic nitrogens is 5. The van der Waals surface area contributed by atoms with E-state index in [9.17, 15) is 27.9 Å². The largest absolute Gasteiger partial charge is 0.481 e. The summed E-state index contributed by atoms with van der Waals surface area (Å²) in [7, 11) is 0. The van der Waals surface area contributed by atoms with Crippen molar-refractivity contribution in [2.24, 2.45) is 0 Å². The average molecular weight is 464 g/mol. The van der Waals surface area contributed by atoms with Crippen molar-refractivity contribution >= 4 is 17.6 Å². The predicted molar refractivity (Wildman–Crippen MR) is 106 cm³/mol. The van der Waals surface area contributed by atoms with Crippen LogP contribution in [0.2, 0.25) is 0 Å². The summed E-state index contributed by atoms with van der Waals surface area (Å²) in [5.74, 6) is -6.42. The molecule has 3 N–H and O–H groups in total. The quantitative estimate of drug-likeness (QED) is 0.436. The van der Waals surface area contributed by atoms with Crippen molar-refractivity contribution in [3.8, 4) is 0 Å². The molecule has 0 radical (unpaired) electrons. The van der Waals surface area contributed by atoms with Crippen LogP contribution in [0.5, 0.6) is 0 Å². The molecule has 10 nitrogen and oxygen atoms in total. The van der Waals surface area contributed by atoms with Gasteiger partial charge >= 0.3 is 5.97 Å². The van der Waals surface area contributed by atoms with Crippen LogP contribution in [0.4, 0.5) is 18.9 Å². The van der Waals surface area contributed by atoms with E-state index in [0.29, 0.717) is 6.07 Å². The Hall–Kier alpha value is -3.87. The number of halogens is 3. The summed E-state index contributed by atoms with van der Waals surface area (Å²) in [6, 6.07) is 1.33. The van der Waals surface area contributed by atoms with E-state index < -0.39 is 71.5 Å². The first-order chi connectivity index (χ1) is 15.6. The topological polar surface area (TPSA) is 143 Å². The van der Waals surface area contributed by atoms with Crippen LogP contribution in [0, 0.1) is 17.5 Å². The van der Waals surface area contributed by atoms with E-state index in [1.54, 1.807) is 0 Å². The summed E-state index contributed by atoms with van der Waals surface area (Å²) >= 11 is 0. The molecule has 0 saturated heterocycles. The molecule has 3 aromatic rings. The van der Waals surface area contributed by atoms with Gasteiger partial charge in [0.25, 0.3) is 0 Å². The Bertz CT molecular complexity index is 1160. The van der Waals surface area contributed by atoms with Gasteiger partial charge in [-0.05, 0) is 6.07 Å². The van der Waals surface area contributed by atoms with Gasteiger partial charge in [0.05, 0.1) is 30.5 Å². The zero-order valence-electron chi connectivity index (χ0n) is 17.2. The lowest BCUT2D eigenvalue weighted by Crippen LogP contribution is -2.39. The number of amides is 1. The van der Waals surface area contributed by atoms with Crippen LogP contribution in [-0.2, 0) is 21.7 Å². The zero-order valence-corrected chi connectivity index (χ0v) is 17.2. The summed E-state index contributed by atoms with van der Waals surface area (Å²) in [6.45, 7) is 0.961. The van der Waals surface area contributed by atoms with Gasteiger partial charge in [0.15, 0.2) is 5.82 Å². The molecule has 0 fully saturated rings. The zero-order chi connectivity index (χ0) is 24.2. The Morgan fingerprint density at radius 2 is 1.88 bits per heavy atom. The molecule has 2 atom stereocenters. The minimum atomic E-state index is -2.23. The number of benzene rings is 1. The van der Waals surface area contributed by atoms with E-state index in [4.69, 9.17) is 5.11 Å². The van der Waals surface area contributed by atoms with Crippen LogP contribution >= 0.6 is 0 Å². The molecule has 0 aliphatic carbocycles. The van der Waals surface area contributed by atoms with Gasteiger partial charge in [0.1, 0.15) is 36.2 Å². The van der Waals surface area contributed by atoms with Crippen molar-refractivity contribution in [2.75, 3.05) is 5.32 Å². The fraction of sp³-hybridized carbons (Fsp3) is 0.300. The number of nitrogens with one attached hydrogen (secondary N) is 1. The Morgan fingerprint density at radius 1 is 1.12 bits per heavy atom. The summed E-state index contributed by atoms with van der Waals surface area (Å²) in [4.78, 5) is 33.8. The van der Waals surface area contributed by atoms with Crippen molar-refractivity contribution in [3.05, 3.63) is 66.0 Å². The Kier molecular flexibility index (Phi) is 7.01. The Labute approximate surface area is 185 Å². The molecule has 13 heteroatoms. The number of aliphatic carboxylic acids is 1. The Balaban J connectivity index is 2.07. The van der Waals surface area contributed by atoms with Crippen LogP contribution in [0.15, 0.2) is 37.3 Å². The lowest BCUT2D eigenvalue weighted by atomic mass is 9.79. The molecule has 0 unspecified atom stereocenters. The highest BCUT2D eigenvalue weighted by Gasteiger charge is 2.42. The number of hydrogen-bond donors (Lipinski definition) is 3. The van der Waals surface area contributed by atoms with Gasteiger partial charge in [-0.3, -0.25) is 9.59 Å². The van der Waals surface area contributed by atoms with E-state index in [1.807, 2.05) is 0 Å². The second kappa shape index (κ2) is 9.73. The normalized spacial score (nSPS) is 13.8. The van der Waals surface area contributed by atoms with Crippen LogP contribution in [0.1, 0.15) is 36.9 Å². The first-order valence-corrected chi connectivity index (χ1v) is 9.63. The molecular weight excluding hydrogens is 445 g/mol. The highest BCUT2D eigenvalue weighted by molar-refractivity contribution is 5.92. The van der Waals surface area contributed by atoms with Gasteiger partial charge < -0.3 is 15.5 Å². The van der Waals surface area contributed by atoms with Gasteiger partial charge in [0.2, 0.25) is 5.91 Å². The molecular formula is C20H19F3N6O4. The van der Waals surface area contributed by atoms with Crippen molar-refractivity contribution in [1.82, 2.24) is 24.7 Å². The summed E-state index contributed by atoms with van der Waals surface area (Å²) < 4.78 is 44.9. The van der Waals surface area contributed by atoms with Crippen LogP contribution in [0.3, 0.4) is 0 Å². The van der Waals surface area contributed by atoms with Gasteiger partial charge in [0, 0.05) is 24.0 Å². The monoisotopic (exact) mass is 464 g/mol. The van der Waals surface area contributed by atoms with E-state index in [-0.39, 0.29) is 5.69 Å². The number of carbonyl (C=O) groups is 2. The second-order valence-electron chi connectivity index (χ2n) is 7.25. The maximum Gasteiger partial charge on any atom is 0.303 e. The number of rotatable bonds is 9. The number of hydrogen-bond acceptors (Lipinski definition) is 7. The maximum absolute atomic E-state index is 15.0. The number of anilines is 1. The molecule has 2 aromatic heterocycles. The van der Waals surface area contributed by atoms with E-state index in [0.717, 1.165) is 18.6 Å². The number of carboxylic acid groups (broad SMARTS) is 1. The van der Waals surface area contributed by atoms with E-state index in [2.05, 4.69) is 25.4 Å². The molecule has 33 heavy (non-hydrogen) atoms. The lowest BCUT2D eigenvalue weighted by molar-refractivity contribution is -0.138. The number of carboxylic acids is 1. The minimum Gasteiger partial charge on any atom is -0.481 e. The van der Waals surface area contributed by atoms with Crippen LogP contribution in [0.25, 0.3) is 0 Å². The molecule has 0 aliphatic rings. The van der Waals surface area contributed by atoms with E-state index >= 15 is 0 Å². The van der Waals surface area contributed by atoms with Crippen molar-refractivity contribution < 1.29 is 33.0 Å². The summed E-state index contributed by atoms with van der Waals surface area (Å²) in [6.07, 6.45) is 3.40. The molecule has 1 amide bonds. The molecule has 0 aliphatic heterocycles. The third kappa shape index (κ3) is 5.31. The van der Waals surface area contributed by atoms with Crippen LogP contribution < -0.4 is 5.32 Å². The maximum atomic E-state index is 15.0.